The lowest BCUT2D eigenvalue weighted by Gasteiger charge is -2.25. The molecule has 68 valence electrons. The van der Waals surface area contributed by atoms with Crippen LogP contribution in [0.4, 0.5) is 0 Å². The lowest BCUT2D eigenvalue weighted by molar-refractivity contribution is 0.504. The predicted molar refractivity (Wildman–Crippen MR) is 59.8 cm³/mol. The Bertz CT molecular complexity index is 261. The molecule has 2 rings (SSSR count). The average molecular weight is 294 g/mol. The molecule has 0 aromatic rings. The summed E-state index contributed by atoms with van der Waals surface area (Å²) in [6, 6.07) is 0. The van der Waals surface area contributed by atoms with Crippen LogP contribution in [0.15, 0.2) is 10.1 Å². The first kappa shape index (κ1) is 9.26. The number of hydrogen-bond acceptors (Lipinski definition) is 0. The van der Waals surface area contributed by atoms with Crippen molar-refractivity contribution in [2.45, 2.75) is 37.9 Å². The second-order valence-electron chi connectivity index (χ2n) is 4.74. The van der Waals surface area contributed by atoms with Crippen LogP contribution in [0, 0.1) is 11.3 Å². The predicted octanol–water partition coefficient (Wildman–Crippen LogP) is 4.24. The minimum Gasteiger partial charge on any atom is -0.0799 e. The third-order valence-corrected chi connectivity index (χ3v) is 6.05. The Balaban J connectivity index is 2.42. The molecule has 1 fully saturated rings. The van der Waals surface area contributed by atoms with Gasteiger partial charge in [0.15, 0.2) is 0 Å². The Morgan fingerprint density at radius 1 is 1.33 bits per heavy atom. The maximum Gasteiger partial charge on any atom is 0.0543 e. The minimum atomic E-state index is 0.215. The molecule has 0 spiro atoms. The van der Waals surface area contributed by atoms with Gasteiger partial charge in [-0.15, -0.1) is 0 Å². The quantitative estimate of drug-likeness (QED) is 0.586. The van der Waals surface area contributed by atoms with E-state index in [1.807, 2.05) is 0 Å². The van der Waals surface area contributed by atoms with Crippen LogP contribution < -0.4 is 0 Å². The molecule has 2 unspecified atom stereocenters. The van der Waals surface area contributed by atoms with Crippen LogP contribution in [0.2, 0.25) is 0 Å². The lowest BCUT2D eigenvalue weighted by atomic mass is 9.97. The monoisotopic (exact) mass is 292 g/mol. The first-order valence-corrected chi connectivity index (χ1v) is 6.05. The second-order valence-corrected chi connectivity index (χ2v) is 7.28. The number of fused-ring (bicyclic) bond motifs is 1. The molecule has 0 N–H and O–H groups in total. The van der Waals surface area contributed by atoms with Crippen LogP contribution in [-0.4, -0.2) is 4.32 Å². The number of hydrogen-bond donors (Lipinski definition) is 0. The summed E-state index contributed by atoms with van der Waals surface area (Å²) in [5, 5.41) is 0. The lowest BCUT2D eigenvalue weighted by Crippen LogP contribution is -2.18. The Morgan fingerprint density at radius 3 is 2.42 bits per heavy atom. The molecule has 0 radical (unpaired) electrons. The molecule has 0 saturated heterocycles. The van der Waals surface area contributed by atoms with Crippen molar-refractivity contribution in [2.75, 3.05) is 0 Å². The molecule has 0 heterocycles. The van der Waals surface area contributed by atoms with E-state index in [1.54, 1.807) is 5.57 Å². The SMILES string of the molecule is CC1(Br)CCC2C(=C1Br)C2(C)C. The van der Waals surface area contributed by atoms with Crippen LogP contribution in [0.5, 0.6) is 0 Å². The van der Waals surface area contributed by atoms with Crippen molar-refractivity contribution in [2.24, 2.45) is 11.3 Å². The highest BCUT2D eigenvalue weighted by Crippen LogP contribution is 2.67. The van der Waals surface area contributed by atoms with Gasteiger partial charge in [0.1, 0.15) is 0 Å². The van der Waals surface area contributed by atoms with E-state index in [-0.39, 0.29) is 4.32 Å². The summed E-state index contributed by atoms with van der Waals surface area (Å²) in [5.41, 5.74) is 2.12. The molecule has 1 saturated carbocycles. The van der Waals surface area contributed by atoms with Crippen molar-refractivity contribution < 1.29 is 0 Å². The van der Waals surface area contributed by atoms with Gasteiger partial charge in [-0.3, -0.25) is 0 Å². The molecule has 0 nitrogen and oxygen atoms in total. The van der Waals surface area contributed by atoms with Crippen LogP contribution in [0.25, 0.3) is 0 Å². The Hall–Kier alpha value is 0.700. The molecular weight excluding hydrogens is 280 g/mol. The van der Waals surface area contributed by atoms with Gasteiger partial charge in [-0.05, 0) is 36.7 Å². The van der Waals surface area contributed by atoms with E-state index in [4.69, 9.17) is 0 Å². The van der Waals surface area contributed by atoms with Crippen molar-refractivity contribution in [3.8, 4) is 0 Å². The highest BCUT2D eigenvalue weighted by atomic mass is 79.9. The topological polar surface area (TPSA) is 0 Å². The normalized spacial score (nSPS) is 44.2. The van der Waals surface area contributed by atoms with Gasteiger partial charge >= 0.3 is 0 Å². The van der Waals surface area contributed by atoms with Crippen LogP contribution in [-0.2, 0) is 0 Å². The molecule has 2 heteroatoms. The maximum atomic E-state index is 3.77. The standard InChI is InChI=1S/C10H14Br2/c1-9(2)6-4-5-10(3,12)8(11)7(6)9/h6H,4-5H2,1-3H3. The summed E-state index contributed by atoms with van der Waals surface area (Å²) in [7, 11) is 0. The van der Waals surface area contributed by atoms with E-state index in [9.17, 15) is 0 Å². The Kier molecular flexibility index (Phi) is 1.84. The second kappa shape index (κ2) is 2.38. The smallest absolute Gasteiger partial charge is 0.0543 e. The molecule has 2 aliphatic carbocycles. The van der Waals surface area contributed by atoms with Gasteiger partial charge in [-0.2, -0.15) is 0 Å². The van der Waals surface area contributed by atoms with Crippen LogP contribution in [0.3, 0.4) is 0 Å². The molecule has 0 bridgehead atoms. The van der Waals surface area contributed by atoms with Crippen LogP contribution >= 0.6 is 31.9 Å². The third kappa shape index (κ3) is 1.07. The zero-order chi connectivity index (χ0) is 9.15. The van der Waals surface area contributed by atoms with Crippen molar-refractivity contribution in [1.82, 2.24) is 0 Å². The largest absolute Gasteiger partial charge is 0.0799 e. The maximum absolute atomic E-state index is 3.77. The molecule has 12 heavy (non-hydrogen) atoms. The van der Waals surface area contributed by atoms with E-state index >= 15 is 0 Å². The molecular formula is C10H14Br2. The third-order valence-electron chi connectivity index (χ3n) is 3.43. The fraction of sp³-hybridized carbons (Fsp3) is 0.800. The van der Waals surface area contributed by atoms with Gasteiger partial charge in [-0.25, -0.2) is 0 Å². The van der Waals surface area contributed by atoms with Gasteiger partial charge in [0.2, 0.25) is 0 Å². The molecule has 0 amide bonds. The highest BCUT2D eigenvalue weighted by molar-refractivity contribution is 9.14. The first-order chi connectivity index (χ1) is 5.37. The van der Waals surface area contributed by atoms with Crippen molar-refractivity contribution in [3.63, 3.8) is 0 Å². The van der Waals surface area contributed by atoms with Crippen molar-refractivity contribution in [1.29, 1.82) is 0 Å². The summed E-state index contributed by atoms with van der Waals surface area (Å²) < 4.78 is 1.63. The van der Waals surface area contributed by atoms with Crippen LogP contribution in [0.1, 0.15) is 33.6 Å². The molecule has 0 aromatic heterocycles. The summed E-state index contributed by atoms with van der Waals surface area (Å²) in [6.07, 6.45) is 2.60. The number of halogens is 2. The van der Waals surface area contributed by atoms with Crippen molar-refractivity contribution >= 4 is 31.9 Å². The average Bonchev–Trinajstić information content (AvgIpc) is 2.46. The van der Waals surface area contributed by atoms with E-state index < -0.39 is 0 Å². The van der Waals surface area contributed by atoms with E-state index in [0.717, 1.165) is 5.92 Å². The van der Waals surface area contributed by atoms with Gasteiger partial charge in [0, 0.05) is 4.48 Å². The number of allylic oxidation sites excluding steroid dienone is 2. The van der Waals surface area contributed by atoms with Gasteiger partial charge < -0.3 is 0 Å². The molecule has 0 aromatic carbocycles. The minimum absolute atomic E-state index is 0.215. The summed E-state index contributed by atoms with van der Waals surface area (Å²) in [4.78, 5) is 0. The number of rotatable bonds is 0. The van der Waals surface area contributed by atoms with Crippen molar-refractivity contribution in [3.05, 3.63) is 10.1 Å². The van der Waals surface area contributed by atoms with Gasteiger partial charge in [-0.1, -0.05) is 45.7 Å². The number of alkyl halides is 1. The molecule has 2 atom stereocenters. The molecule has 2 aliphatic rings. The highest BCUT2D eigenvalue weighted by Gasteiger charge is 2.57. The fourth-order valence-corrected chi connectivity index (χ4v) is 3.81. The van der Waals surface area contributed by atoms with Gasteiger partial charge in [0.05, 0.1) is 4.32 Å². The van der Waals surface area contributed by atoms with E-state index in [2.05, 4.69) is 52.6 Å². The zero-order valence-electron chi connectivity index (χ0n) is 7.75. The van der Waals surface area contributed by atoms with E-state index in [1.165, 1.54) is 17.3 Å². The molecule has 0 aliphatic heterocycles. The Labute approximate surface area is 91.1 Å². The summed E-state index contributed by atoms with van der Waals surface area (Å²) >= 11 is 7.50. The first-order valence-electron chi connectivity index (χ1n) is 4.47. The van der Waals surface area contributed by atoms with Gasteiger partial charge in [0.25, 0.3) is 0 Å². The summed E-state index contributed by atoms with van der Waals surface area (Å²) in [6.45, 7) is 6.96. The zero-order valence-corrected chi connectivity index (χ0v) is 10.9. The Morgan fingerprint density at radius 2 is 1.92 bits per heavy atom. The fourth-order valence-electron chi connectivity index (χ4n) is 2.39. The summed E-state index contributed by atoms with van der Waals surface area (Å²) in [5.74, 6) is 0.859. The van der Waals surface area contributed by atoms with E-state index in [0.29, 0.717) is 5.41 Å².